The highest BCUT2D eigenvalue weighted by molar-refractivity contribution is 8.00. The molecule has 3 aromatic rings. The fraction of sp³-hybridized carbons (Fsp3) is 0.190. The molecule has 0 bridgehead atoms. The number of nitrogens with zero attached hydrogens (tertiary/aromatic N) is 1. The van der Waals surface area contributed by atoms with Crippen LogP contribution in [0.25, 0.3) is 10.8 Å². The van der Waals surface area contributed by atoms with E-state index in [1.807, 2.05) is 34.9 Å². The molecule has 1 saturated heterocycles. The van der Waals surface area contributed by atoms with E-state index in [1.165, 1.54) is 16.3 Å². The molecule has 2 heterocycles. The molecule has 0 saturated carbocycles. The van der Waals surface area contributed by atoms with Gasteiger partial charge in [-0.15, -0.1) is 11.8 Å². The molecular weight excluding hydrogens is 330 g/mol. The second kappa shape index (κ2) is 5.27. The standard InChI is InChI=1S/C21H17NO2S/c1-24-18-11-5-9-16-19(18)21(22(20(16)23)12-13-25-21)17-10-4-7-14-6-2-3-8-15(14)17/h2-11H,12-13H2,1H3. The van der Waals surface area contributed by atoms with Crippen LogP contribution in [0.1, 0.15) is 21.5 Å². The van der Waals surface area contributed by atoms with Crippen molar-refractivity contribution in [2.24, 2.45) is 0 Å². The molecular formula is C21H17NO2S. The quantitative estimate of drug-likeness (QED) is 0.694. The van der Waals surface area contributed by atoms with Gasteiger partial charge in [-0.25, -0.2) is 0 Å². The maximum absolute atomic E-state index is 13.1. The first-order valence-corrected chi connectivity index (χ1v) is 9.37. The number of ether oxygens (including phenoxy) is 1. The number of benzene rings is 3. The molecule has 1 unspecified atom stereocenters. The van der Waals surface area contributed by atoms with Crippen LogP contribution in [0.2, 0.25) is 0 Å². The topological polar surface area (TPSA) is 29.5 Å². The normalized spacial score (nSPS) is 21.5. The summed E-state index contributed by atoms with van der Waals surface area (Å²) in [5.74, 6) is 1.81. The average Bonchev–Trinajstić information content (AvgIpc) is 3.20. The smallest absolute Gasteiger partial charge is 0.256 e. The summed E-state index contributed by atoms with van der Waals surface area (Å²) in [6.07, 6.45) is 0. The van der Waals surface area contributed by atoms with Crippen LogP contribution in [0.4, 0.5) is 0 Å². The number of carbonyl (C=O) groups excluding carboxylic acids is 1. The number of thioether (sulfide) groups is 1. The number of hydrogen-bond acceptors (Lipinski definition) is 3. The zero-order valence-electron chi connectivity index (χ0n) is 13.9. The summed E-state index contributed by atoms with van der Waals surface area (Å²) in [5, 5.41) is 2.38. The molecule has 0 N–H and O–H groups in total. The molecule has 2 aliphatic heterocycles. The zero-order valence-corrected chi connectivity index (χ0v) is 14.7. The van der Waals surface area contributed by atoms with Crippen molar-refractivity contribution in [1.82, 2.24) is 4.90 Å². The van der Waals surface area contributed by atoms with Crippen molar-refractivity contribution in [1.29, 1.82) is 0 Å². The molecule has 0 aromatic heterocycles. The monoisotopic (exact) mass is 347 g/mol. The van der Waals surface area contributed by atoms with Crippen LogP contribution in [-0.2, 0) is 4.87 Å². The Kier molecular flexibility index (Phi) is 3.13. The van der Waals surface area contributed by atoms with Crippen molar-refractivity contribution in [3.63, 3.8) is 0 Å². The van der Waals surface area contributed by atoms with Crippen LogP contribution in [0.15, 0.2) is 60.7 Å². The van der Waals surface area contributed by atoms with Crippen molar-refractivity contribution in [3.05, 3.63) is 77.4 Å². The summed E-state index contributed by atoms with van der Waals surface area (Å²) in [6, 6.07) is 20.5. The lowest BCUT2D eigenvalue weighted by atomic mass is 9.92. The third-order valence-electron chi connectivity index (χ3n) is 5.22. The number of rotatable bonds is 2. The van der Waals surface area contributed by atoms with Crippen LogP contribution >= 0.6 is 11.8 Å². The van der Waals surface area contributed by atoms with Crippen LogP contribution in [0.5, 0.6) is 5.75 Å². The van der Waals surface area contributed by atoms with Gasteiger partial charge in [0.15, 0.2) is 0 Å². The molecule has 1 atom stereocenters. The van der Waals surface area contributed by atoms with E-state index in [-0.39, 0.29) is 5.91 Å². The second-order valence-corrected chi connectivity index (χ2v) is 7.65. The summed E-state index contributed by atoms with van der Waals surface area (Å²) in [7, 11) is 1.68. The molecule has 0 aliphatic carbocycles. The number of fused-ring (bicyclic) bond motifs is 4. The highest BCUT2D eigenvalue weighted by Gasteiger charge is 2.56. The molecule has 124 valence electrons. The van der Waals surface area contributed by atoms with Crippen LogP contribution in [0.3, 0.4) is 0 Å². The Morgan fingerprint density at radius 3 is 2.72 bits per heavy atom. The van der Waals surface area contributed by atoms with E-state index in [4.69, 9.17) is 4.74 Å². The highest BCUT2D eigenvalue weighted by Crippen LogP contribution is 2.58. The van der Waals surface area contributed by atoms with Gasteiger partial charge in [-0.3, -0.25) is 4.79 Å². The van der Waals surface area contributed by atoms with E-state index in [2.05, 4.69) is 42.5 Å². The van der Waals surface area contributed by atoms with Gasteiger partial charge in [0, 0.05) is 23.4 Å². The van der Waals surface area contributed by atoms with E-state index < -0.39 is 4.87 Å². The lowest BCUT2D eigenvalue weighted by Crippen LogP contribution is -2.38. The van der Waals surface area contributed by atoms with Gasteiger partial charge in [-0.2, -0.15) is 0 Å². The minimum atomic E-state index is -0.500. The fourth-order valence-corrected chi connectivity index (χ4v) is 5.81. The fourth-order valence-electron chi connectivity index (χ4n) is 4.22. The maximum Gasteiger partial charge on any atom is 0.256 e. The summed E-state index contributed by atoms with van der Waals surface area (Å²) in [5.41, 5.74) is 2.94. The van der Waals surface area contributed by atoms with E-state index >= 15 is 0 Å². The van der Waals surface area contributed by atoms with E-state index in [1.54, 1.807) is 7.11 Å². The molecule has 1 fully saturated rings. The Bertz CT molecular complexity index is 1010. The third kappa shape index (κ3) is 1.80. The van der Waals surface area contributed by atoms with Gasteiger partial charge < -0.3 is 9.64 Å². The second-order valence-electron chi connectivity index (χ2n) is 6.36. The molecule has 2 aliphatic rings. The van der Waals surface area contributed by atoms with Crippen molar-refractivity contribution in [3.8, 4) is 5.75 Å². The minimum absolute atomic E-state index is 0.104. The van der Waals surface area contributed by atoms with Crippen molar-refractivity contribution in [2.75, 3.05) is 19.4 Å². The number of amides is 1. The van der Waals surface area contributed by atoms with Gasteiger partial charge in [-0.1, -0.05) is 48.5 Å². The minimum Gasteiger partial charge on any atom is -0.496 e. The van der Waals surface area contributed by atoms with Crippen molar-refractivity contribution >= 4 is 28.4 Å². The Labute approximate surface area is 150 Å². The molecule has 1 amide bonds. The maximum atomic E-state index is 13.1. The summed E-state index contributed by atoms with van der Waals surface area (Å²) in [6.45, 7) is 0.755. The predicted octanol–water partition coefficient (Wildman–Crippen LogP) is 4.25. The first-order chi connectivity index (χ1) is 12.3. The first kappa shape index (κ1) is 14.8. The average molecular weight is 347 g/mol. The summed E-state index contributed by atoms with van der Waals surface area (Å²) in [4.78, 5) is 14.6. The Morgan fingerprint density at radius 1 is 1.04 bits per heavy atom. The van der Waals surface area contributed by atoms with Crippen LogP contribution in [0, 0.1) is 0 Å². The summed E-state index contributed by atoms with van der Waals surface area (Å²) >= 11 is 1.83. The molecule has 5 rings (SSSR count). The summed E-state index contributed by atoms with van der Waals surface area (Å²) < 4.78 is 5.68. The predicted molar refractivity (Wildman–Crippen MR) is 101 cm³/mol. The SMILES string of the molecule is COc1cccc2c1C1(c3cccc4ccccc34)SCCN1C2=O. The zero-order chi connectivity index (χ0) is 17.0. The lowest BCUT2D eigenvalue weighted by molar-refractivity contribution is 0.0753. The largest absolute Gasteiger partial charge is 0.496 e. The van der Waals surface area contributed by atoms with E-state index in [0.29, 0.717) is 0 Å². The number of carbonyl (C=O) groups is 1. The van der Waals surface area contributed by atoms with Gasteiger partial charge in [0.05, 0.1) is 12.7 Å². The van der Waals surface area contributed by atoms with Gasteiger partial charge in [0.25, 0.3) is 5.91 Å². The molecule has 3 aromatic carbocycles. The number of methoxy groups -OCH3 is 1. The van der Waals surface area contributed by atoms with E-state index in [0.717, 1.165) is 29.2 Å². The molecule has 0 radical (unpaired) electrons. The lowest BCUT2D eigenvalue weighted by Gasteiger charge is -2.34. The van der Waals surface area contributed by atoms with Gasteiger partial charge >= 0.3 is 0 Å². The third-order valence-corrected chi connectivity index (χ3v) is 6.67. The van der Waals surface area contributed by atoms with Crippen LogP contribution < -0.4 is 4.74 Å². The molecule has 3 nitrogen and oxygen atoms in total. The Morgan fingerprint density at radius 2 is 1.84 bits per heavy atom. The van der Waals surface area contributed by atoms with Crippen molar-refractivity contribution < 1.29 is 9.53 Å². The Hall–Kier alpha value is -2.46. The molecule has 25 heavy (non-hydrogen) atoms. The van der Waals surface area contributed by atoms with Gasteiger partial charge in [0.1, 0.15) is 10.6 Å². The molecule has 0 spiro atoms. The van der Waals surface area contributed by atoms with Gasteiger partial charge in [-0.05, 0) is 22.9 Å². The van der Waals surface area contributed by atoms with E-state index in [9.17, 15) is 4.79 Å². The van der Waals surface area contributed by atoms with Crippen molar-refractivity contribution in [2.45, 2.75) is 4.87 Å². The molecule has 4 heteroatoms. The van der Waals surface area contributed by atoms with Gasteiger partial charge in [0.2, 0.25) is 0 Å². The first-order valence-electron chi connectivity index (χ1n) is 8.39. The Balaban J connectivity index is 1.90. The number of hydrogen-bond donors (Lipinski definition) is 0. The van der Waals surface area contributed by atoms with Crippen LogP contribution in [-0.4, -0.2) is 30.2 Å². The highest BCUT2D eigenvalue weighted by atomic mass is 32.2.